The molecule has 1 heterocycles. The van der Waals surface area contributed by atoms with Gasteiger partial charge in [-0.2, -0.15) is 0 Å². The van der Waals surface area contributed by atoms with E-state index in [1.54, 1.807) is 30.5 Å². The fraction of sp³-hybridized carbons (Fsp3) is 0.389. The summed E-state index contributed by atoms with van der Waals surface area (Å²) in [6, 6.07) is 11.1. The average Bonchev–Trinajstić information content (AvgIpc) is 3.07. The fourth-order valence-corrected chi connectivity index (χ4v) is 3.45. The third kappa shape index (κ3) is 6.56. The lowest BCUT2D eigenvalue weighted by Gasteiger charge is -2.27. The zero-order chi connectivity index (χ0) is 17.5. The number of likely N-dealkylation sites (N-methyl/N-ethyl adjacent to an activating group) is 1. The molecule has 4 nitrogen and oxygen atoms in total. The van der Waals surface area contributed by atoms with Gasteiger partial charge >= 0.3 is 0 Å². The molecule has 0 aliphatic rings. The molecule has 1 atom stereocenters. The molecular weight excluding hydrogens is 450 g/mol. The minimum absolute atomic E-state index is 0. The number of nitrogens with zero attached hydrogens (tertiary/aromatic N) is 3. The van der Waals surface area contributed by atoms with Crippen LogP contribution in [0.15, 0.2) is 46.8 Å². The van der Waals surface area contributed by atoms with E-state index >= 15 is 0 Å². The Morgan fingerprint density at radius 1 is 1.20 bits per heavy atom. The average molecular weight is 476 g/mol. The van der Waals surface area contributed by atoms with Crippen molar-refractivity contribution in [2.45, 2.75) is 12.6 Å². The van der Waals surface area contributed by atoms with Crippen LogP contribution >= 0.6 is 35.3 Å². The van der Waals surface area contributed by atoms with Gasteiger partial charge in [-0.15, -0.1) is 35.3 Å². The van der Waals surface area contributed by atoms with Gasteiger partial charge in [0.25, 0.3) is 0 Å². The second-order valence-corrected chi connectivity index (χ2v) is 6.88. The van der Waals surface area contributed by atoms with Crippen molar-refractivity contribution < 1.29 is 4.39 Å². The first-order valence-electron chi connectivity index (χ1n) is 7.87. The van der Waals surface area contributed by atoms with Crippen LogP contribution in [0.5, 0.6) is 0 Å². The number of hydrogen-bond donors (Lipinski definition) is 1. The number of guanidine groups is 1. The molecule has 1 unspecified atom stereocenters. The largest absolute Gasteiger partial charge is 0.354 e. The molecule has 0 aliphatic carbocycles. The molecule has 2 aromatic rings. The lowest BCUT2D eigenvalue weighted by molar-refractivity contribution is 0.299. The minimum Gasteiger partial charge on any atom is -0.354 e. The summed E-state index contributed by atoms with van der Waals surface area (Å²) in [5.74, 6) is 0.608. The van der Waals surface area contributed by atoms with Crippen LogP contribution in [0.25, 0.3) is 0 Å². The standard InChI is InChI=1S/C18H25FN4S.HI/c1-20-18(23(4)13-14-7-9-15(19)10-8-14)21-12-16(22(2)3)17-6-5-11-24-17;/h5-11,16H,12-13H2,1-4H3,(H,20,21);1H. The highest BCUT2D eigenvalue weighted by Gasteiger charge is 2.16. The number of aliphatic imine (C=N–C) groups is 1. The van der Waals surface area contributed by atoms with Gasteiger partial charge in [0.1, 0.15) is 5.82 Å². The lowest BCUT2D eigenvalue weighted by atomic mass is 10.2. The van der Waals surface area contributed by atoms with Gasteiger partial charge in [0.2, 0.25) is 0 Å². The van der Waals surface area contributed by atoms with E-state index in [4.69, 9.17) is 0 Å². The summed E-state index contributed by atoms with van der Waals surface area (Å²) in [6.45, 7) is 1.44. The third-order valence-corrected chi connectivity index (χ3v) is 4.83. The van der Waals surface area contributed by atoms with E-state index in [0.29, 0.717) is 12.6 Å². The Balaban J connectivity index is 0.00000312. The first-order chi connectivity index (χ1) is 11.5. The van der Waals surface area contributed by atoms with Crippen molar-refractivity contribution in [3.63, 3.8) is 0 Å². The van der Waals surface area contributed by atoms with Gasteiger partial charge in [0, 0.05) is 32.1 Å². The number of halogens is 2. The van der Waals surface area contributed by atoms with Gasteiger partial charge in [0.05, 0.1) is 6.04 Å². The molecule has 138 valence electrons. The van der Waals surface area contributed by atoms with Crippen molar-refractivity contribution in [3.05, 3.63) is 58.0 Å². The molecule has 7 heteroatoms. The molecule has 0 aliphatic heterocycles. The Bertz CT molecular complexity index is 644. The van der Waals surface area contributed by atoms with E-state index < -0.39 is 0 Å². The molecule has 0 amide bonds. The monoisotopic (exact) mass is 476 g/mol. The Hall–Kier alpha value is -1.19. The summed E-state index contributed by atoms with van der Waals surface area (Å²) in [5, 5.41) is 5.54. The topological polar surface area (TPSA) is 30.9 Å². The van der Waals surface area contributed by atoms with Crippen molar-refractivity contribution >= 4 is 41.3 Å². The number of rotatable bonds is 6. The Morgan fingerprint density at radius 3 is 2.40 bits per heavy atom. The van der Waals surface area contributed by atoms with Crippen LogP contribution in [0.4, 0.5) is 4.39 Å². The number of thiophene rings is 1. The first kappa shape index (κ1) is 21.9. The highest BCUT2D eigenvalue weighted by Crippen LogP contribution is 2.22. The van der Waals surface area contributed by atoms with Crippen LogP contribution in [-0.2, 0) is 6.54 Å². The van der Waals surface area contributed by atoms with E-state index in [9.17, 15) is 4.39 Å². The lowest BCUT2D eigenvalue weighted by Crippen LogP contribution is -2.42. The van der Waals surface area contributed by atoms with Gasteiger partial charge in [-0.05, 0) is 43.2 Å². The molecule has 0 spiro atoms. The first-order valence-corrected chi connectivity index (χ1v) is 8.75. The second kappa shape index (κ2) is 10.7. The smallest absolute Gasteiger partial charge is 0.193 e. The molecule has 0 fully saturated rings. The van der Waals surface area contributed by atoms with E-state index in [2.05, 4.69) is 46.8 Å². The van der Waals surface area contributed by atoms with E-state index in [0.717, 1.165) is 18.1 Å². The number of nitrogens with one attached hydrogen (secondary N) is 1. The van der Waals surface area contributed by atoms with Crippen LogP contribution in [-0.4, -0.2) is 50.5 Å². The minimum atomic E-state index is -0.214. The molecule has 0 saturated carbocycles. The molecule has 1 N–H and O–H groups in total. The molecule has 1 aromatic heterocycles. The van der Waals surface area contributed by atoms with E-state index in [-0.39, 0.29) is 29.8 Å². The van der Waals surface area contributed by atoms with E-state index in [1.165, 1.54) is 17.0 Å². The normalized spacial score (nSPS) is 12.6. The molecule has 25 heavy (non-hydrogen) atoms. The van der Waals surface area contributed by atoms with Crippen molar-refractivity contribution in [1.82, 2.24) is 15.1 Å². The summed E-state index contributed by atoms with van der Waals surface area (Å²) in [6.07, 6.45) is 0. The Morgan fingerprint density at radius 2 is 1.88 bits per heavy atom. The van der Waals surface area contributed by atoms with Crippen LogP contribution in [0.1, 0.15) is 16.5 Å². The Kier molecular flexibility index (Phi) is 9.37. The fourth-order valence-electron chi connectivity index (χ4n) is 2.53. The number of benzene rings is 1. The van der Waals surface area contributed by atoms with Crippen molar-refractivity contribution in [1.29, 1.82) is 0 Å². The third-order valence-electron chi connectivity index (χ3n) is 3.85. The maximum atomic E-state index is 13.0. The number of hydrogen-bond acceptors (Lipinski definition) is 3. The predicted octanol–water partition coefficient (Wildman–Crippen LogP) is 3.82. The van der Waals surface area contributed by atoms with Crippen LogP contribution in [0, 0.1) is 5.82 Å². The predicted molar refractivity (Wildman–Crippen MR) is 115 cm³/mol. The zero-order valence-corrected chi connectivity index (χ0v) is 18.2. The van der Waals surface area contributed by atoms with Crippen molar-refractivity contribution in [3.8, 4) is 0 Å². The second-order valence-electron chi connectivity index (χ2n) is 5.91. The van der Waals surface area contributed by atoms with Crippen LogP contribution in [0.2, 0.25) is 0 Å². The summed E-state index contributed by atoms with van der Waals surface area (Å²) in [7, 11) is 7.92. The van der Waals surface area contributed by atoms with Crippen LogP contribution in [0.3, 0.4) is 0 Å². The van der Waals surface area contributed by atoms with Gasteiger partial charge < -0.3 is 15.1 Å². The molecule has 0 saturated heterocycles. The summed E-state index contributed by atoms with van der Waals surface area (Å²) >= 11 is 1.76. The summed E-state index contributed by atoms with van der Waals surface area (Å²) in [4.78, 5) is 9.92. The SMILES string of the molecule is CN=C(NCC(c1cccs1)N(C)C)N(C)Cc1ccc(F)cc1.I. The maximum Gasteiger partial charge on any atom is 0.193 e. The van der Waals surface area contributed by atoms with Crippen LogP contribution < -0.4 is 5.32 Å². The maximum absolute atomic E-state index is 13.0. The van der Waals surface area contributed by atoms with Crippen molar-refractivity contribution in [2.24, 2.45) is 4.99 Å². The zero-order valence-electron chi connectivity index (χ0n) is 15.1. The molecule has 1 aromatic carbocycles. The van der Waals surface area contributed by atoms with Gasteiger partial charge in [-0.25, -0.2) is 4.39 Å². The van der Waals surface area contributed by atoms with Gasteiger partial charge in [-0.3, -0.25) is 4.99 Å². The summed E-state index contributed by atoms with van der Waals surface area (Å²) in [5.41, 5.74) is 1.05. The molecule has 2 rings (SSSR count). The molecular formula is C18H26FIN4S. The van der Waals surface area contributed by atoms with Gasteiger partial charge in [-0.1, -0.05) is 18.2 Å². The molecule has 0 radical (unpaired) electrons. The van der Waals surface area contributed by atoms with Crippen molar-refractivity contribution in [2.75, 3.05) is 34.7 Å². The van der Waals surface area contributed by atoms with Gasteiger partial charge in [0.15, 0.2) is 5.96 Å². The summed E-state index contributed by atoms with van der Waals surface area (Å²) < 4.78 is 13.0. The Labute approximate surface area is 170 Å². The highest BCUT2D eigenvalue weighted by atomic mass is 127. The van der Waals surface area contributed by atoms with E-state index in [1.807, 2.05) is 11.9 Å². The quantitative estimate of drug-likeness (QED) is 0.391. The molecule has 0 bridgehead atoms. The highest BCUT2D eigenvalue weighted by molar-refractivity contribution is 14.0.